The number of carbonyl (C=O) groups is 10. The summed E-state index contributed by atoms with van der Waals surface area (Å²) in [6.07, 6.45) is -18.6. The van der Waals surface area contributed by atoms with Crippen LogP contribution < -0.4 is 58.5 Å². The average Bonchev–Trinajstić information content (AvgIpc) is 0.772. The second-order valence-electron chi connectivity index (χ2n) is 32.1. The maximum absolute atomic E-state index is 13.3. The SMILES string of the molecule is O=C(O)CCCCC(=O)Oc1c(-c2ccc(O)c(OC3OC(C(=O)O)C(O)C(O)C3O)c2)oc2ccccc2c1=O.O=C(O)CCCCC(=O)Oc1c(-c2ccc(O)c(OS(=O)(=O)[O-])c2)oc2ccccc2c1=O.O=C(O)CCCCC(=O)Oc1c(-c2ccc(OC3OC(C(=O)O)C(O)C(O)C3O)c(O)c2)oc2ccccc2c1=O.O=C(O)CCCCC(=O)Oc1c(-c2ccc(OS(=O)(=O)[O-])c(O)c2)oc2ccccc2c1=O. The van der Waals surface area contributed by atoms with Gasteiger partial charge < -0.3 is 155 Å². The predicted octanol–water partition coefficient (Wildman–Crippen LogP) is 7.08. The molecule has 2 saturated heterocycles. The number of phenols is 4. The van der Waals surface area contributed by atoms with Crippen LogP contribution in [-0.2, 0) is 78.2 Å². The van der Waals surface area contributed by atoms with Crippen molar-refractivity contribution in [3.63, 3.8) is 0 Å². The number of aliphatic carboxylic acids is 6. The van der Waals surface area contributed by atoms with Crippen LogP contribution >= 0.6 is 0 Å². The van der Waals surface area contributed by atoms with Gasteiger partial charge in [0.2, 0.25) is 57.3 Å². The number of para-hydroxylation sites is 4. The van der Waals surface area contributed by atoms with Crippen molar-refractivity contribution in [3.8, 4) is 114 Å². The summed E-state index contributed by atoms with van der Waals surface area (Å²) in [5, 5.41) is 155. The Morgan fingerprint density at radius 1 is 0.291 bits per heavy atom. The van der Waals surface area contributed by atoms with Crippen molar-refractivity contribution < 1.29 is 220 Å². The zero-order valence-electron chi connectivity index (χ0n) is 76.1. The van der Waals surface area contributed by atoms with Crippen LogP contribution in [0.4, 0.5) is 0 Å². The molecule has 2 aliphatic heterocycles. The van der Waals surface area contributed by atoms with Crippen molar-refractivity contribution in [1.82, 2.24) is 0 Å². The molecule has 0 aliphatic carbocycles. The molecule has 784 valence electrons. The van der Waals surface area contributed by atoms with Gasteiger partial charge in [-0.25, -0.2) is 26.4 Å². The number of unbranched alkanes of at least 4 members (excludes halogenated alkanes) is 4. The van der Waals surface area contributed by atoms with Crippen LogP contribution in [0.5, 0.6) is 69.0 Å². The van der Waals surface area contributed by atoms with Crippen molar-refractivity contribution in [1.29, 1.82) is 0 Å². The molecule has 8 aromatic carbocycles. The number of carbonyl (C=O) groups excluding carboxylic acids is 4. The quantitative estimate of drug-likeness (QED) is 0.00795. The number of ether oxygens (including phenoxy) is 8. The molecule has 52 heteroatoms. The number of benzene rings is 8. The highest BCUT2D eigenvalue weighted by Gasteiger charge is 2.50. The van der Waals surface area contributed by atoms with Gasteiger partial charge in [0.1, 0.15) is 59.0 Å². The first-order valence-electron chi connectivity index (χ1n) is 43.8. The van der Waals surface area contributed by atoms with E-state index in [0.29, 0.717) is 0 Å². The first-order valence-corrected chi connectivity index (χ1v) is 46.5. The zero-order valence-corrected chi connectivity index (χ0v) is 77.7. The standard InChI is InChI=1S/2C27H26O14.2C21H18O11S/c28-14-11-12(9-10-16(14)39-27-22(35)20(33)21(34)25(41-27)26(36)37)23-24(40-18(31)8-4-3-7-17(29)30)19(32)13-5-1-2-6-15(13)38-23;28-14-10-9-12(11-16(14)39-27-22(35)20(33)21(34)25(41-27)26(36)37)23-24(40-18(31)8-4-3-7-17(29)30)19(32)13-5-1-2-6-15(13)38-23;22-14-11-12(9-10-16(14)32-33(27,28)29)20-21(31-18(25)8-4-3-7-17(23)24)19(26)13-5-1-2-6-15(13)30-20;22-14-10-9-12(11-16(14)32-33(27,28)29)20-21(31-18(25)8-4-3-7-17(23)24)19(26)13-5-1-2-6-15(13)30-20/h2*1-2,5-6,9-11,20-22,25,27-28,33-35H,3-4,7-8H2,(H,29,30)(H,36,37);2*1-2,5-6,9-11,22H,3-4,7-8H2,(H,23,24)(H,27,28,29)/p-2. The lowest BCUT2D eigenvalue weighted by molar-refractivity contribution is -0.271. The number of phenolic OH excluding ortho intramolecular Hbond substituents is 4. The molecule has 0 radical (unpaired) electrons. The number of rotatable bonds is 38. The summed E-state index contributed by atoms with van der Waals surface area (Å²) in [7, 11) is -10.4. The number of aliphatic hydroxyl groups is 6. The average molecular weight is 2100 g/mol. The number of hydrogen-bond acceptors (Lipinski definition) is 44. The number of carboxylic acid groups (broad SMARTS) is 6. The minimum absolute atomic E-state index is 0.0250. The first kappa shape index (κ1) is 112. The van der Waals surface area contributed by atoms with Crippen molar-refractivity contribution in [2.45, 2.75) is 164 Å². The van der Waals surface area contributed by atoms with E-state index in [4.69, 9.17) is 76.0 Å². The Kier molecular flexibility index (Phi) is 37.4. The maximum Gasteiger partial charge on any atom is 0.335 e. The molecule has 50 nitrogen and oxygen atoms in total. The van der Waals surface area contributed by atoms with E-state index in [9.17, 15) is 154 Å². The highest BCUT2D eigenvalue weighted by atomic mass is 32.3. The van der Waals surface area contributed by atoms with Crippen molar-refractivity contribution >= 4 is 124 Å². The molecule has 2 fully saturated rings. The molecule has 2 aliphatic rings. The summed E-state index contributed by atoms with van der Waals surface area (Å²) in [6, 6.07) is 38.0. The van der Waals surface area contributed by atoms with Gasteiger partial charge in [-0.05, 0) is 173 Å². The monoisotopic (exact) mass is 2100 g/mol. The van der Waals surface area contributed by atoms with Crippen LogP contribution in [0, 0.1) is 0 Å². The number of fused-ring (bicyclic) bond motifs is 4. The lowest BCUT2D eigenvalue weighted by Gasteiger charge is -2.38. The summed E-state index contributed by atoms with van der Waals surface area (Å²) >= 11 is 0. The number of aromatic hydroxyl groups is 4. The second kappa shape index (κ2) is 49.7. The Bertz CT molecular complexity index is 7530. The molecule has 12 aromatic rings. The molecule has 0 bridgehead atoms. The minimum atomic E-state index is -5.22. The summed E-state index contributed by atoms with van der Waals surface area (Å²) in [4.78, 5) is 167. The summed E-state index contributed by atoms with van der Waals surface area (Å²) < 4.78 is 139. The highest BCUT2D eigenvalue weighted by Crippen LogP contribution is 2.44. The van der Waals surface area contributed by atoms with Gasteiger partial charge in [-0.2, -0.15) is 0 Å². The third kappa shape index (κ3) is 29.3. The fourth-order valence-electron chi connectivity index (χ4n) is 14.2. The van der Waals surface area contributed by atoms with Gasteiger partial charge in [0.25, 0.3) is 20.8 Å². The Hall–Kier alpha value is -16.8. The topological polar surface area (TPSA) is 822 Å². The predicted molar refractivity (Wildman–Crippen MR) is 496 cm³/mol. The van der Waals surface area contributed by atoms with Crippen LogP contribution in [0.3, 0.4) is 0 Å². The number of aliphatic hydroxyl groups excluding tert-OH is 6. The largest absolute Gasteiger partial charge is 0.716 e. The molecule has 4 aromatic heterocycles. The normalized spacial score (nSPS) is 17.4. The highest BCUT2D eigenvalue weighted by molar-refractivity contribution is 7.81. The summed E-state index contributed by atoms with van der Waals surface area (Å²) in [5.74, 6) is -18.0. The van der Waals surface area contributed by atoms with E-state index in [2.05, 4.69) is 8.37 Å². The molecule has 148 heavy (non-hydrogen) atoms. The van der Waals surface area contributed by atoms with Crippen LogP contribution in [-0.4, -0.2) is 229 Å². The third-order valence-corrected chi connectivity index (χ3v) is 22.1. The lowest BCUT2D eigenvalue weighted by Crippen LogP contribution is -2.61. The van der Waals surface area contributed by atoms with E-state index in [-0.39, 0.29) is 198 Å². The molecule has 0 amide bonds. The van der Waals surface area contributed by atoms with Gasteiger partial charge in [0.15, 0.2) is 81.2 Å². The number of hydrogen-bond donors (Lipinski definition) is 16. The van der Waals surface area contributed by atoms with E-state index in [1.165, 1.54) is 78.9 Å². The lowest BCUT2D eigenvalue weighted by atomic mass is 9.99. The van der Waals surface area contributed by atoms with Crippen LogP contribution in [0.15, 0.2) is 207 Å². The molecule has 0 spiro atoms. The summed E-state index contributed by atoms with van der Waals surface area (Å²) in [6.45, 7) is 0. The molecule has 0 saturated carbocycles. The molecule has 6 heterocycles. The molecule has 16 N–H and O–H groups in total. The Balaban J connectivity index is 0.000000188. The number of esters is 4. The molecule has 10 unspecified atom stereocenters. The Morgan fingerprint density at radius 2 is 0.541 bits per heavy atom. The minimum Gasteiger partial charge on any atom is -0.716 e. The van der Waals surface area contributed by atoms with Gasteiger partial charge >= 0.3 is 59.7 Å². The van der Waals surface area contributed by atoms with Crippen LogP contribution in [0.2, 0.25) is 0 Å². The molecular weight excluding hydrogens is 2020 g/mol. The Morgan fingerprint density at radius 3 is 0.824 bits per heavy atom. The van der Waals surface area contributed by atoms with E-state index >= 15 is 0 Å². The van der Waals surface area contributed by atoms with Gasteiger partial charge in [0, 0.05) is 73.6 Å². The third-order valence-electron chi connectivity index (χ3n) is 21.4. The van der Waals surface area contributed by atoms with E-state index in [1.807, 2.05) is 0 Å². The van der Waals surface area contributed by atoms with Gasteiger partial charge in [0.05, 0.1) is 21.5 Å². The van der Waals surface area contributed by atoms with Gasteiger partial charge in [-0.3, -0.25) is 57.5 Å². The van der Waals surface area contributed by atoms with E-state index in [1.54, 1.807) is 48.5 Å². The maximum atomic E-state index is 13.3. The van der Waals surface area contributed by atoms with Crippen LogP contribution in [0.1, 0.15) is 103 Å². The van der Waals surface area contributed by atoms with Gasteiger partial charge in [-0.1, -0.05) is 48.5 Å². The zero-order chi connectivity index (χ0) is 108. The fraction of sp³-hybridized carbons (Fsp3) is 0.271. The molecular formula is C96H86O50S2-2. The van der Waals surface area contributed by atoms with Crippen molar-refractivity contribution in [2.75, 3.05) is 0 Å². The molecule has 14 rings (SSSR count). The van der Waals surface area contributed by atoms with Crippen LogP contribution in [0.25, 0.3) is 89.2 Å². The number of carboxylic acids is 6. The summed E-state index contributed by atoms with van der Waals surface area (Å²) in [5.41, 5.74) is -2.04. The smallest absolute Gasteiger partial charge is 0.335 e. The van der Waals surface area contributed by atoms with E-state index < -0.39 is 227 Å². The second-order valence-corrected chi connectivity index (χ2v) is 34.0. The van der Waals surface area contributed by atoms with E-state index in [0.717, 1.165) is 42.5 Å². The van der Waals surface area contributed by atoms with Crippen molar-refractivity contribution in [2.24, 2.45) is 0 Å². The fourth-order valence-corrected chi connectivity index (χ4v) is 14.9. The van der Waals surface area contributed by atoms with Crippen molar-refractivity contribution in [3.05, 3.63) is 211 Å². The first-order chi connectivity index (χ1) is 70.0. The molecule has 10 atom stereocenters. The van der Waals surface area contributed by atoms with Gasteiger partial charge in [-0.15, -0.1) is 0 Å². The Labute approximate surface area is 829 Å².